The summed E-state index contributed by atoms with van der Waals surface area (Å²) in [5.41, 5.74) is 3.24. The van der Waals surface area contributed by atoms with Gasteiger partial charge < -0.3 is 9.47 Å². The van der Waals surface area contributed by atoms with Gasteiger partial charge in [0.15, 0.2) is 0 Å². The normalized spacial score (nSPS) is 28.4. The highest BCUT2D eigenvalue weighted by atomic mass is 16.5. The molecule has 0 bridgehead atoms. The smallest absolute Gasteiger partial charge is 0.0729 e. The van der Waals surface area contributed by atoms with Crippen LogP contribution in [0.25, 0.3) is 0 Å². The molecule has 4 heteroatoms. The molecule has 1 spiro atoms. The number of hydrogen-bond acceptors (Lipinski definition) is 4. The van der Waals surface area contributed by atoms with E-state index in [2.05, 4.69) is 19.3 Å². The molecule has 2 fully saturated rings. The predicted octanol–water partition coefficient (Wildman–Crippen LogP) is 3.01. The molecule has 0 amide bonds. The van der Waals surface area contributed by atoms with E-state index < -0.39 is 0 Å². The molecule has 2 aliphatic rings. The largest absolute Gasteiger partial charge is 0.381 e. The zero-order valence-corrected chi connectivity index (χ0v) is 13.9. The Labute approximate surface area is 130 Å². The van der Waals surface area contributed by atoms with Gasteiger partial charge in [0, 0.05) is 25.9 Å². The van der Waals surface area contributed by atoms with E-state index in [4.69, 9.17) is 15.3 Å². The Hall–Kier alpha value is -0.160. The van der Waals surface area contributed by atoms with Crippen LogP contribution < -0.4 is 11.3 Å². The fourth-order valence-corrected chi connectivity index (χ4v) is 4.23. The zero-order chi connectivity index (χ0) is 15.1. The lowest BCUT2D eigenvalue weighted by Crippen LogP contribution is -2.53. The number of nitrogens with one attached hydrogen (secondary N) is 1. The van der Waals surface area contributed by atoms with Gasteiger partial charge in [0.2, 0.25) is 0 Å². The summed E-state index contributed by atoms with van der Waals surface area (Å²) in [7, 11) is 0. The molecule has 0 aliphatic carbocycles. The van der Waals surface area contributed by atoms with Crippen LogP contribution in [-0.2, 0) is 9.47 Å². The van der Waals surface area contributed by atoms with Gasteiger partial charge in [0.1, 0.15) is 0 Å². The molecular formula is C17H34N2O2. The van der Waals surface area contributed by atoms with Gasteiger partial charge in [-0.3, -0.25) is 11.3 Å². The third-order valence-electron chi connectivity index (χ3n) is 5.60. The lowest BCUT2D eigenvalue weighted by Gasteiger charge is -2.46. The van der Waals surface area contributed by atoms with Crippen LogP contribution >= 0.6 is 0 Å². The third kappa shape index (κ3) is 4.41. The Balaban J connectivity index is 1.99. The van der Waals surface area contributed by atoms with Crippen molar-refractivity contribution < 1.29 is 9.47 Å². The number of rotatable bonds is 7. The van der Waals surface area contributed by atoms with Crippen molar-refractivity contribution in [3.63, 3.8) is 0 Å². The second-order valence-corrected chi connectivity index (χ2v) is 6.90. The van der Waals surface area contributed by atoms with Gasteiger partial charge in [-0.05, 0) is 43.9 Å². The topological polar surface area (TPSA) is 56.5 Å². The maximum absolute atomic E-state index is 6.18. The molecule has 2 rings (SSSR count). The van der Waals surface area contributed by atoms with Crippen LogP contribution in [0.5, 0.6) is 0 Å². The molecule has 3 atom stereocenters. The molecule has 2 saturated heterocycles. The van der Waals surface area contributed by atoms with Crippen molar-refractivity contribution >= 4 is 0 Å². The highest BCUT2D eigenvalue weighted by Gasteiger charge is 2.42. The lowest BCUT2D eigenvalue weighted by atomic mass is 9.73. The molecule has 21 heavy (non-hydrogen) atoms. The van der Waals surface area contributed by atoms with Crippen LogP contribution in [0.4, 0.5) is 0 Å². The molecule has 0 aromatic carbocycles. The van der Waals surface area contributed by atoms with Crippen molar-refractivity contribution in [1.29, 1.82) is 0 Å². The third-order valence-corrected chi connectivity index (χ3v) is 5.60. The molecule has 0 aromatic heterocycles. The summed E-state index contributed by atoms with van der Waals surface area (Å²) in [6, 6.07) is 0.435. The van der Waals surface area contributed by atoms with Gasteiger partial charge in [0.05, 0.1) is 5.60 Å². The first-order valence-electron chi connectivity index (χ1n) is 8.92. The van der Waals surface area contributed by atoms with Crippen molar-refractivity contribution in [2.24, 2.45) is 17.7 Å². The summed E-state index contributed by atoms with van der Waals surface area (Å²) < 4.78 is 11.7. The molecule has 4 nitrogen and oxygen atoms in total. The number of unbranched alkanes of at least 4 members (excludes halogenated alkanes) is 1. The van der Waals surface area contributed by atoms with Gasteiger partial charge in [0.25, 0.3) is 0 Å². The summed E-state index contributed by atoms with van der Waals surface area (Å²) in [4.78, 5) is 0. The molecule has 3 N–H and O–H groups in total. The highest BCUT2D eigenvalue weighted by Crippen LogP contribution is 2.40. The second-order valence-electron chi connectivity index (χ2n) is 6.90. The number of ether oxygens (including phenoxy) is 2. The number of nitrogens with two attached hydrogens (primary N) is 1. The van der Waals surface area contributed by atoms with E-state index >= 15 is 0 Å². The van der Waals surface area contributed by atoms with Crippen LogP contribution in [0.2, 0.25) is 0 Å². The minimum atomic E-state index is 0.0688. The van der Waals surface area contributed by atoms with Crippen LogP contribution in [-0.4, -0.2) is 31.5 Å². The maximum Gasteiger partial charge on any atom is 0.0729 e. The molecule has 0 aromatic rings. The van der Waals surface area contributed by atoms with Crippen LogP contribution in [0.3, 0.4) is 0 Å². The Bertz CT molecular complexity index is 287. The Morgan fingerprint density at radius 1 is 1.24 bits per heavy atom. The molecule has 2 heterocycles. The molecule has 0 radical (unpaired) electrons. The van der Waals surface area contributed by atoms with Gasteiger partial charge >= 0.3 is 0 Å². The van der Waals surface area contributed by atoms with Crippen LogP contribution in [0, 0.1) is 11.8 Å². The molecule has 0 saturated carbocycles. The summed E-state index contributed by atoms with van der Waals surface area (Å²) in [5, 5.41) is 0. The SMILES string of the molecule is CCCCC(CC)C(NN)C1CCOC2(CCOCC2)C1. The van der Waals surface area contributed by atoms with Crippen LogP contribution in [0.15, 0.2) is 0 Å². The molecule has 2 aliphatic heterocycles. The first-order chi connectivity index (χ1) is 10.2. The average Bonchev–Trinajstić information content (AvgIpc) is 2.52. The van der Waals surface area contributed by atoms with E-state index in [1.807, 2.05) is 0 Å². The summed E-state index contributed by atoms with van der Waals surface area (Å²) >= 11 is 0. The first kappa shape index (κ1) is 17.2. The predicted molar refractivity (Wildman–Crippen MR) is 85.9 cm³/mol. The summed E-state index contributed by atoms with van der Waals surface area (Å²) in [6.07, 6.45) is 9.45. The van der Waals surface area contributed by atoms with Crippen molar-refractivity contribution in [3.05, 3.63) is 0 Å². The maximum atomic E-state index is 6.18. The lowest BCUT2D eigenvalue weighted by molar-refractivity contribution is -0.152. The fourth-order valence-electron chi connectivity index (χ4n) is 4.23. The van der Waals surface area contributed by atoms with E-state index in [1.165, 1.54) is 25.7 Å². The molecule has 124 valence electrons. The summed E-state index contributed by atoms with van der Waals surface area (Å²) in [5.74, 6) is 7.29. The quantitative estimate of drug-likeness (QED) is 0.560. The Morgan fingerprint density at radius 3 is 2.62 bits per heavy atom. The summed E-state index contributed by atoms with van der Waals surface area (Å²) in [6.45, 7) is 7.14. The van der Waals surface area contributed by atoms with Crippen molar-refractivity contribution in [3.8, 4) is 0 Å². The van der Waals surface area contributed by atoms with Crippen LogP contribution in [0.1, 0.15) is 65.2 Å². The monoisotopic (exact) mass is 298 g/mol. The first-order valence-corrected chi connectivity index (χ1v) is 8.92. The van der Waals surface area contributed by atoms with E-state index in [0.717, 1.165) is 45.5 Å². The van der Waals surface area contributed by atoms with Crippen molar-refractivity contribution in [1.82, 2.24) is 5.43 Å². The molecule has 3 unspecified atom stereocenters. The second kappa shape index (κ2) is 8.47. The van der Waals surface area contributed by atoms with Crippen molar-refractivity contribution in [2.75, 3.05) is 19.8 Å². The Morgan fingerprint density at radius 2 is 2.00 bits per heavy atom. The van der Waals surface area contributed by atoms with Gasteiger partial charge in [-0.2, -0.15) is 0 Å². The molecular weight excluding hydrogens is 264 g/mol. The van der Waals surface area contributed by atoms with Crippen molar-refractivity contribution in [2.45, 2.75) is 76.9 Å². The van der Waals surface area contributed by atoms with Gasteiger partial charge in [-0.25, -0.2) is 0 Å². The fraction of sp³-hybridized carbons (Fsp3) is 1.00. The minimum absolute atomic E-state index is 0.0688. The minimum Gasteiger partial charge on any atom is -0.381 e. The van der Waals surface area contributed by atoms with Gasteiger partial charge in [-0.15, -0.1) is 0 Å². The zero-order valence-electron chi connectivity index (χ0n) is 13.9. The Kier molecular flexibility index (Phi) is 6.93. The van der Waals surface area contributed by atoms with E-state index in [-0.39, 0.29) is 5.60 Å². The van der Waals surface area contributed by atoms with Gasteiger partial charge in [-0.1, -0.05) is 33.1 Å². The van der Waals surface area contributed by atoms with E-state index in [1.54, 1.807) is 0 Å². The number of hydrazine groups is 1. The van der Waals surface area contributed by atoms with E-state index in [0.29, 0.717) is 17.9 Å². The van der Waals surface area contributed by atoms with E-state index in [9.17, 15) is 0 Å². The highest BCUT2D eigenvalue weighted by molar-refractivity contribution is 4.94. The standard InChI is InChI=1S/C17H34N2O2/c1-3-5-6-14(4-2)16(19-18)15-7-10-21-17(13-15)8-11-20-12-9-17/h14-16,19H,3-13,18H2,1-2H3. The number of hydrogen-bond donors (Lipinski definition) is 2. The average molecular weight is 298 g/mol.